The lowest BCUT2D eigenvalue weighted by molar-refractivity contribution is -0.124. The average Bonchev–Trinajstić information content (AvgIpc) is 2.94. The van der Waals surface area contributed by atoms with E-state index in [2.05, 4.69) is 15.5 Å². The molecule has 2 aromatic heterocycles. The molecule has 1 N–H and O–H groups in total. The third-order valence-corrected chi connectivity index (χ3v) is 5.83. The van der Waals surface area contributed by atoms with Crippen LogP contribution < -0.4 is 25.9 Å². The van der Waals surface area contributed by atoms with Gasteiger partial charge < -0.3 is 14.8 Å². The van der Waals surface area contributed by atoms with E-state index in [9.17, 15) is 14.4 Å². The van der Waals surface area contributed by atoms with E-state index in [1.54, 1.807) is 45.4 Å². The normalized spacial score (nSPS) is 11.5. The highest BCUT2D eigenvalue weighted by Gasteiger charge is 2.18. The Morgan fingerprint density at radius 1 is 0.784 bits per heavy atom. The number of carbonyl (C=O) groups is 1. The second-order valence-electron chi connectivity index (χ2n) is 8.21. The van der Waals surface area contributed by atoms with Crippen molar-refractivity contribution in [3.63, 3.8) is 0 Å². The predicted molar refractivity (Wildman–Crippen MR) is 139 cm³/mol. The minimum atomic E-state index is -0.860. The maximum atomic E-state index is 12.8. The molecule has 1 atom stereocenters. The summed E-state index contributed by atoms with van der Waals surface area (Å²) in [5, 5.41) is 11.5. The van der Waals surface area contributed by atoms with Gasteiger partial charge in [-0.2, -0.15) is 10.2 Å². The Labute approximate surface area is 213 Å². The van der Waals surface area contributed by atoms with Crippen molar-refractivity contribution >= 4 is 5.91 Å². The van der Waals surface area contributed by atoms with Gasteiger partial charge in [-0.15, -0.1) is 0 Å². The van der Waals surface area contributed by atoms with Crippen LogP contribution in [0.25, 0.3) is 22.5 Å². The van der Waals surface area contributed by atoms with Crippen molar-refractivity contribution in [2.45, 2.75) is 19.5 Å². The number of rotatable bonds is 9. The smallest absolute Gasteiger partial charge is 0.267 e. The van der Waals surface area contributed by atoms with Crippen molar-refractivity contribution in [1.82, 2.24) is 24.9 Å². The first-order valence-electron chi connectivity index (χ1n) is 11.6. The number of aromatic nitrogens is 4. The van der Waals surface area contributed by atoms with Gasteiger partial charge in [-0.3, -0.25) is 14.4 Å². The van der Waals surface area contributed by atoms with Crippen LogP contribution in [-0.4, -0.2) is 46.2 Å². The first kappa shape index (κ1) is 25.4. The number of nitrogens with one attached hydrogen (secondary N) is 1. The third-order valence-electron chi connectivity index (χ3n) is 5.83. The van der Waals surface area contributed by atoms with Crippen LogP contribution in [0.3, 0.4) is 0 Å². The van der Waals surface area contributed by atoms with Crippen molar-refractivity contribution < 1.29 is 14.3 Å². The summed E-state index contributed by atoms with van der Waals surface area (Å²) in [6.45, 7) is 1.90. The summed E-state index contributed by atoms with van der Waals surface area (Å²) in [5.41, 5.74) is 2.09. The van der Waals surface area contributed by atoms with Crippen molar-refractivity contribution in [3.8, 4) is 34.0 Å². The molecule has 4 rings (SSSR count). The van der Waals surface area contributed by atoms with Gasteiger partial charge in [0.25, 0.3) is 11.1 Å². The molecule has 190 valence electrons. The van der Waals surface area contributed by atoms with Gasteiger partial charge in [0.2, 0.25) is 5.91 Å². The zero-order valence-electron chi connectivity index (χ0n) is 20.7. The fourth-order valence-corrected chi connectivity index (χ4v) is 3.69. The highest BCUT2D eigenvalue weighted by Crippen LogP contribution is 2.21. The molecule has 0 saturated heterocycles. The fourth-order valence-electron chi connectivity index (χ4n) is 3.69. The molecule has 1 amide bonds. The molecule has 0 aliphatic heterocycles. The van der Waals surface area contributed by atoms with Crippen LogP contribution >= 0.6 is 0 Å². The predicted octanol–water partition coefficient (Wildman–Crippen LogP) is 2.53. The lowest BCUT2D eigenvalue weighted by Crippen LogP contribution is -2.39. The van der Waals surface area contributed by atoms with Gasteiger partial charge >= 0.3 is 0 Å². The number of ether oxygens (including phenoxy) is 2. The number of methoxy groups -OCH3 is 2. The third kappa shape index (κ3) is 5.92. The maximum absolute atomic E-state index is 12.8. The number of hydrogen-bond acceptors (Lipinski definition) is 7. The van der Waals surface area contributed by atoms with Gasteiger partial charge in [-0.05, 0) is 67.6 Å². The SMILES string of the molecule is COc1ccc(-c2ccc(=O)n(CCNC(=O)C(C)n3nc(-c4ccc(OC)cc4)ccc3=O)n2)cc1. The molecule has 0 aliphatic rings. The Morgan fingerprint density at radius 3 is 1.84 bits per heavy atom. The minimum absolute atomic E-state index is 0.148. The Bertz CT molecular complexity index is 1490. The molecular formula is C27H27N5O5. The van der Waals surface area contributed by atoms with Gasteiger partial charge in [-0.1, -0.05) is 0 Å². The zero-order chi connectivity index (χ0) is 26.4. The molecule has 0 aliphatic carbocycles. The summed E-state index contributed by atoms with van der Waals surface area (Å²) in [7, 11) is 3.17. The lowest BCUT2D eigenvalue weighted by Gasteiger charge is -2.15. The maximum Gasteiger partial charge on any atom is 0.267 e. The van der Waals surface area contributed by atoms with Crippen LogP contribution in [0.2, 0.25) is 0 Å². The summed E-state index contributed by atoms with van der Waals surface area (Å²) in [6.07, 6.45) is 0. The average molecular weight is 502 g/mol. The summed E-state index contributed by atoms with van der Waals surface area (Å²) < 4.78 is 12.8. The van der Waals surface area contributed by atoms with Crippen LogP contribution in [-0.2, 0) is 11.3 Å². The minimum Gasteiger partial charge on any atom is -0.497 e. The Hall–Kier alpha value is -4.73. The molecule has 10 heteroatoms. The molecule has 0 radical (unpaired) electrons. The molecule has 1 unspecified atom stereocenters. The van der Waals surface area contributed by atoms with E-state index in [0.29, 0.717) is 17.1 Å². The van der Waals surface area contributed by atoms with Crippen LogP contribution in [0.15, 0.2) is 82.4 Å². The van der Waals surface area contributed by atoms with Gasteiger partial charge in [0, 0.05) is 29.8 Å². The van der Waals surface area contributed by atoms with Crippen molar-refractivity contribution in [2.24, 2.45) is 0 Å². The van der Waals surface area contributed by atoms with E-state index in [1.807, 2.05) is 36.4 Å². The number of benzene rings is 2. The summed E-state index contributed by atoms with van der Waals surface area (Å²) in [5.74, 6) is 1.02. The zero-order valence-corrected chi connectivity index (χ0v) is 20.7. The number of hydrogen-bond donors (Lipinski definition) is 1. The second-order valence-corrected chi connectivity index (χ2v) is 8.21. The van der Waals surface area contributed by atoms with Crippen molar-refractivity contribution in [2.75, 3.05) is 20.8 Å². The Kier molecular flexibility index (Phi) is 7.77. The van der Waals surface area contributed by atoms with E-state index in [1.165, 1.54) is 16.8 Å². The molecular weight excluding hydrogens is 474 g/mol. The Morgan fingerprint density at radius 2 is 1.30 bits per heavy atom. The number of nitrogens with zero attached hydrogens (tertiary/aromatic N) is 4. The highest BCUT2D eigenvalue weighted by atomic mass is 16.5. The van der Waals surface area contributed by atoms with Crippen LogP contribution in [0.5, 0.6) is 11.5 Å². The first-order valence-corrected chi connectivity index (χ1v) is 11.6. The molecule has 2 heterocycles. The number of amides is 1. The molecule has 37 heavy (non-hydrogen) atoms. The molecule has 10 nitrogen and oxygen atoms in total. The molecule has 0 bridgehead atoms. The van der Waals surface area contributed by atoms with Gasteiger partial charge in [-0.25, -0.2) is 9.36 Å². The quantitative estimate of drug-likeness (QED) is 0.375. The topological polar surface area (TPSA) is 117 Å². The molecule has 2 aromatic carbocycles. The van der Waals surface area contributed by atoms with E-state index in [-0.39, 0.29) is 18.6 Å². The number of carbonyl (C=O) groups excluding carboxylic acids is 1. The summed E-state index contributed by atoms with van der Waals surface area (Å²) >= 11 is 0. The Balaban J connectivity index is 1.43. The van der Waals surface area contributed by atoms with E-state index in [0.717, 1.165) is 21.6 Å². The highest BCUT2D eigenvalue weighted by molar-refractivity contribution is 5.79. The lowest BCUT2D eigenvalue weighted by atomic mass is 10.1. The monoisotopic (exact) mass is 501 g/mol. The van der Waals surface area contributed by atoms with Crippen LogP contribution in [0, 0.1) is 0 Å². The molecule has 0 spiro atoms. The van der Waals surface area contributed by atoms with Gasteiger partial charge in [0.1, 0.15) is 17.5 Å². The fraction of sp³-hybridized carbons (Fsp3) is 0.222. The van der Waals surface area contributed by atoms with Crippen molar-refractivity contribution in [1.29, 1.82) is 0 Å². The molecule has 4 aromatic rings. The summed E-state index contributed by atoms with van der Waals surface area (Å²) in [4.78, 5) is 37.5. The van der Waals surface area contributed by atoms with Gasteiger partial charge in [0.05, 0.1) is 32.2 Å². The standard InChI is InChI=1S/C27H27N5O5/c1-18(32-26(34)15-13-24(30-32)20-6-10-22(37-3)11-7-20)27(35)28-16-17-31-25(33)14-12-23(29-31)19-4-8-21(36-2)9-5-19/h4-15,18H,16-17H2,1-3H3,(H,28,35). The van der Waals surface area contributed by atoms with Crippen LogP contribution in [0.1, 0.15) is 13.0 Å². The molecule has 0 fully saturated rings. The largest absolute Gasteiger partial charge is 0.497 e. The summed E-state index contributed by atoms with van der Waals surface area (Å²) in [6, 6.07) is 19.8. The molecule has 0 saturated carbocycles. The first-order chi connectivity index (χ1) is 17.9. The van der Waals surface area contributed by atoms with E-state index >= 15 is 0 Å². The van der Waals surface area contributed by atoms with Crippen molar-refractivity contribution in [3.05, 3.63) is 93.5 Å². The second kappa shape index (κ2) is 11.3. The van der Waals surface area contributed by atoms with Gasteiger partial charge in [0.15, 0.2) is 0 Å². The van der Waals surface area contributed by atoms with Crippen LogP contribution in [0.4, 0.5) is 0 Å². The van der Waals surface area contributed by atoms with E-state index in [4.69, 9.17) is 9.47 Å². The van der Waals surface area contributed by atoms with E-state index < -0.39 is 17.5 Å².